The van der Waals surface area contributed by atoms with Crippen molar-refractivity contribution in [2.75, 3.05) is 22.6 Å². The zero-order valence-corrected chi connectivity index (χ0v) is 12.8. The van der Waals surface area contributed by atoms with E-state index in [0.717, 1.165) is 12.2 Å². The molecule has 0 heterocycles. The molecule has 3 N–H and O–H groups in total. The van der Waals surface area contributed by atoms with E-state index >= 15 is 0 Å². The normalized spacial score (nSPS) is 10.4. The maximum absolute atomic E-state index is 11.7. The number of anilines is 2. The van der Waals surface area contributed by atoms with E-state index in [1.165, 1.54) is 18.6 Å². The van der Waals surface area contributed by atoms with Gasteiger partial charge in [-0.25, -0.2) is 0 Å². The molecule has 0 aliphatic rings. The Morgan fingerprint density at radius 1 is 1.37 bits per heavy atom. The molecule has 1 amide bonds. The van der Waals surface area contributed by atoms with Crippen LogP contribution in [0.15, 0.2) is 18.2 Å². The van der Waals surface area contributed by atoms with Crippen molar-refractivity contribution in [3.8, 4) is 0 Å². The first kappa shape index (κ1) is 16.2. The number of carbonyl (C=O) groups excluding carboxylic acids is 1. The molecule has 106 valence electrons. The number of nitrogens with one attached hydrogen (secondary N) is 1. The Morgan fingerprint density at radius 2 is 2.11 bits per heavy atom. The summed E-state index contributed by atoms with van der Waals surface area (Å²) in [5.74, 6) is 2.20. The molecule has 19 heavy (non-hydrogen) atoms. The van der Waals surface area contributed by atoms with Crippen molar-refractivity contribution in [1.82, 2.24) is 0 Å². The topological polar surface area (TPSA) is 55.1 Å². The lowest BCUT2D eigenvalue weighted by molar-refractivity contribution is -0.116. The Morgan fingerprint density at radius 3 is 2.84 bits per heavy atom. The highest BCUT2D eigenvalue weighted by atomic mass is 35.5. The monoisotopic (exact) mass is 300 g/mol. The summed E-state index contributed by atoms with van der Waals surface area (Å²) in [4.78, 5) is 11.7. The molecule has 0 spiro atoms. The van der Waals surface area contributed by atoms with Crippen LogP contribution in [0.3, 0.4) is 0 Å². The van der Waals surface area contributed by atoms with Crippen molar-refractivity contribution in [3.63, 3.8) is 0 Å². The van der Waals surface area contributed by atoms with Gasteiger partial charge in [-0.2, -0.15) is 11.8 Å². The summed E-state index contributed by atoms with van der Waals surface area (Å²) < 4.78 is 0. The third-order valence-electron chi connectivity index (χ3n) is 2.62. The second-order valence-electron chi connectivity index (χ2n) is 4.35. The number of rotatable bonds is 8. The standard InChI is InChI=1S/C14H21ClN2OS/c1-2-3-8-19-9-4-5-14(18)17-13-10-11(15)6-7-12(13)16/h6-7,10H,2-5,8-9,16H2,1H3,(H,17,18). The Labute approximate surface area is 124 Å². The van der Waals surface area contributed by atoms with Crippen molar-refractivity contribution >= 4 is 40.6 Å². The maximum Gasteiger partial charge on any atom is 0.224 e. The fourth-order valence-corrected chi connectivity index (χ4v) is 2.75. The van der Waals surface area contributed by atoms with Gasteiger partial charge in [0.25, 0.3) is 0 Å². The van der Waals surface area contributed by atoms with Gasteiger partial charge in [-0.3, -0.25) is 4.79 Å². The second kappa shape index (κ2) is 9.10. The van der Waals surface area contributed by atoms with Gasteiger partial charge in [0, 0.05) is 11.4 Å². The lowest BCUT2D eigenvalue weighted by Gasteiger charge is -2.08. The summed E-state index contributed by atoms with van der Waals surface area (Å²) in [5, 5.41) is 3.36. The first-order valence-electron chi connectivity index (χ1n) is 6.56. The Kier molecular flexibility index (Phi) is 7.75. The van der Waals surface area contributed by atoms with E-state index in [1.54, 1.807) is 18.2 Å². The molecule has 0 fully saturated rings. The van der Waals surface area contributed by atoms with Crippen molar-refractivity contribution in [1.29, 1.82) is 0 Å². The highest BCUT2D eigenvalue weighted by Crippen LogP contribution is 2.23. The van der Waals surface area contributed by atoms with Gasteiger partial charge in [-0.15, -0.1) is 0 Å². The van der Waals surface area contributed by atoms with E-state index in [1.807, 2.05) is 11.8 Å². The van der Waals surface area contributed by atoms with Crippen molar-refractivity contribution in [2.45, 2.75) is 32.6 Å². The molecule has 1 aromatic carbocycles. The molecule has 0 aromatic heterocycles. The van der Waals surface area contributed by atoms with Gasteiger partial charge in [0.15, 0.2) is 0 Å². The van der Waals surface area contributed by atoms with Gasteiger partial charge in [-0.05, 0) is 42.5 Å². The fraction of sp³-hybridized carbons (Fsp3) is 0.500. The Balaban J connectivity index is 2.25. The first-order chi connectivity index (χ1) is 9.13. The smallest absolute Gasteiger partial charge is 0.224 e. The zero-order chi connectivity index (χ0) is 14.1. The molecule has 0 aliphatic carbocycles. The minimum absolute atomic E-state index is 0.00921. The summed E-state index contributed by atoms with van der Waals surface area (Å²) in [6.07, 6.45) is 3.88. The molecule has 0 saturated carbocycles. The molecule has 0 aliphatic heterocycles. The maximum atomic E-state index is 11.7. The highest BCUT2D eigenvalue weighted by molar-refractivity contribution is 7.99. The molecule has 0 radical (unpaired) electrons. The second-order valence-corrected chi connectivity index (χ2v) is 6.01. The van der Waals surface area contributed by atoms with E-state index in [0.29, 0.717) is 22.8 Å². The van der Waals surface area contributed by atoms with Crippen LogP contribution in [0, 0.1) is 0 Å². The van der Waals surface area contributed by atoms with E-state index in [-0.39, 0.29) is 5.91 Å². The zero-order valence-electron chi connectivity index (χ0n) is 11.2. The number of halogens is 1. The number of benzene rings is 1. The number of nitrogens with two attached hydrogens (primary N) is 1. The molecular formula is C14H21ClN2OS. The van der Waals surface area contributed by atoms with Crippen LogP contribution in [0.4, 0.5) is 11.4 Å². The number of hydrogen-bond acceptors (Lipinski definition) is 3. The molecule has 1 rings (SSSR count). The Bertz CT molecular complexity index is 412. The first-order valence-corrected chi connectivity index (χ1v) is 8.09. The van der Waals surface area contributed by atoms with Crippen LogP contribution in [0.2, 0.25) is 5.02 Å². The number of hydrogen-bond donors (Lipinski definition) is 2. The molecule has 5 heteroatoms. The molecule has 0 bridgehead atoms. The molecule has 3 nitrogen and oxygen atoms in total. The predicted molar refractivity (Wildman–Crippen MR) is 86.0 cm³/mol. The third kappa shape index (κ3) is 6.73. The third-order valence-corrected chi connectivity index (χ3v) is 4.01. The van der Waals surface area contributed by atoms with Gasteiger partial charge in [0.1, 0.15) is 0 Å². The molecule has 0 atom stereocenters. The quantitative estimate of drug-likeness (QED) is 0.559. The summed E-state index contributed by atoms with van der Waals surface area (Å²) in [7, 11) is 0. The van der Waals surface area contributed by atoms with Gasteiger partial charge < -0.3 is 11.1 Å². The van der Waals surface area contributed by atoms with Gasteiger partial charge in [0.2, 0.25) is 5.91 Å². The van der Waals surface area contributed by atoms with E-state index in [2.05, 4.69) is 12.2 Å². The molecule has 0 unspecified atom stereocenters. The Hall–Kier alpha value is -0.870. The average Bonchev–Trinajstić information content (AvgIpc) is 2.38. The van der Waals surface area contributed by atoms with Crippen LogP contribution in [0.25, 0.3) is 0 Å². The number of nitrogen functional groups attached to an aromatic ring is 1. The predicted octanol–water partition coefficient (Wildman–Crippen LogP) is 4.17. The molecular weight excluding hydrogens is 280 g/mol. The fourth-order valence-electron chi connectivity index (χ4n) is 1.53. The van der Waals surface area contributed by atoms with Crippen LogP contribution >= 0.6 is 23.4 Å². The van der Waals surface area contributed by atoms with E-state index < -0.39 is 0 Å². The average molecular weight is 301 g/mol. The van der Waals surface area contributed by atoms with E-state index in [9.17, 15) is 4.79 Å². The highest BCUT2D eigenvalue weighted by Gasteiger charge is 2.05. The van der Waals surface area contributed by atoms with E-state index in [4.69, 9.17) is 17.3 Å². The van der Waals surface area contributed by atoms with Crippen molar-refractivity contribution in [2.24, 2.45) is 0 Å². The van der Waals surface area contributed by atoms with Crippen LogP contribution in [0.1, 0.15) is 32.6 Å². The largest absolute Gasteiger partial charge is 0.397 e. The summed E-state index contributed by atoms with van der Waals surface area (Å²) in [5.41, 5.74) is 6.90. The van der Waals surface area contributed by atoms with Gasteiger partial charge >= 0.3 is 0 Å². The van der Waals surface area contributed by atoms with Crippen LogP contribution < -0.4 is 11.1 Å². The van der Waals surface area contributed by atoms with Crippen molar-refractivity contribution in [3.05, 3.63) is 23.2 Å². The van der Waals surface area contributed by atoms with Gasteiger partial charge in [-0.1, -0.05) is 24.9 Å². The number of thioether (sulfide) groups is 1. The molecule has 1 aromatic rings. The lowest BCUT2D eigenvalue weighted by Crippen LogP contribution is -2.12. The number of carbonyl (C=O) groups is 1. The van der Waals surface area contributed by atoms with Crippen LogP contribution in [-0.4, -0.2) is 17.4 Å². The van der Waals surface area contributed by atoms with Gasteiger partial charge in [0.05, 0.1) is 11.4 Å². The van der Waals surface area contributed by atoms with Crippen molar-refractivity contribution < 1.29 is 4.79 Å². The molecule has 0 saturated heterocycles. The van der Waals surface area contributed by atoms with Crippen LogP contribution in [0.5, 0.6) is 0 Å². The minimum Gasteiger partial charge on any atom is -0.397 e. The SMILES string of the molecule is CCCCSCCCC(=O)Nc1cc(Cl)ccc1N. The minimum atomic E-state index is -0.00921. The summed E-state index contributed by atoms with van der Waals surface area (Å²) in [6.45, 7) is 2.18. The van der Waals surface area contributed by atoms with Crippen LogP contribution in [-0.2, 0) is 4.79 Å². The number of amides is 1. The summed E-state index contributed by atoms with van der Waals surface area (Å²) >= 11 is 7.77. The summed E-state index contributed by atoms with van der Waals surface area (Å²) in [6, 6.07) is 5.07. The lowest BCUT2D eigenvalue weighted by atomic mass is 10.2. The number of unbranched alkanes of at least 4 members (excludes halogenated alkanes) is 1.